The van der Waals surface area contributed by atoms with Crippen LogP contribution >= 0.6 is 0 Å². The third-order valence-electron chi connectivity index (χ3n) is 2.62. The molecular weight excluding hydrogens is 232 g/mol. The molecule has 1 atom stereocenters. The van der Waals surface area contributed by atoms with Crippen molar-refractivity contribution in [2.24, 2.45) is 5.73 Å². The summed E-state index contributed by atoms with van der Waals surface area (Å²) in [5.41, 5.74) is 6.54. The van der Waals surface area contributed by atoms with Crippen LogP contribution in [0.4, 0.5) is 5.69 Å². The standard InChI is InChI=1S/C13H22N2O3/c1-9(14)5-6-15-13-11(17-3)7-10(16-2)8-12(13)18-4/h7-9,15H,5-6,14H2,1-4H3. The fourth-order valence-electron chi connectivity index (χ4n) is 1.60. The number of benzene rings is 1. The summed E-state index contributed by atoms with van der Waals surface area (Å²) in [5, 5.41) is 3.28. The molecule has 3 N–H and O–H groups in total. The van der Waals surface area contributed by atoms with Gasteiger partial charge in [-0.3, -0.25) is 0 Å². The Morgan fingerprint density at radius 1 is 1.11 bits per heavy atom. The molecule has 0 aliphatic rings. The smallest absolute Gasteiger partial charge is 0.149 e. The molecule has 1 aromatic rings. The van der Waals surface area contributed by atoms with Crippen LogP contribution in [0.25, 0.3) is 0 Å². The maximum absolute atomic E-state index is 5.72. The van der Waals surface area contributed by atoms with E-state index in [-0.39, 0.29) is 6.04 Å². The number of anilines is 1. The Morgan fingerprint density at radius 3 is 2.06 bits per heavy atom. The van der Waals surface area contributed by atoms with E-state index in [1.54, 1.807) is 21.3 Å². The van der Waals surface area contributed by atoms with Crippen LogP contribution in [0.3, 0.4) is 0 Å². The van der Waals surface area contributed by atoms with Crippen molar-refractivity contribution in [2.45, 2.75) is 19.4 Å². The molecule has 0 aromatic heterocycles. The Kier molecular flexibility index (Phi) is 5.58. The molecule has 5 heteroatoms. The van der Waals surface area contributed by atoms with Gasteiger partial charge in [0.15, 0.2) is 0 Å². The first kappa shape index (κ1) is 14.4. The first-order valence-electron chi connectivity index (χ1n) is 5.91. The first-order valence-corrected chi connectivity index (χ1v) is 5.91. The van der Waals surface area contributed by atoms with E-state index in [1.165, 1.54) is 0 Å². The van der Waals surface area contributed by atoms with E-state index in [0.717, 1.165) is 18.7 Å². The molecular formula is C13H22N2O3. The quantitative estimate of drug-likeness (QED) is 0.777. The Balaban J connectivity index is 2.92. The summed E-state index contributed by atoms with van der Waals surface area (Å²) >= 11 is 0. The third kappa shape index (κ3) is 3.70. The molecule has 0 spiro atoms. The lowest BCUT2D eigenvalue weighted by atomic mass is 10.2. The fraction of sp³-hybridized carbons (Fsp3) is 0.538. The number of nitrogens with two attached hydrogens (primary N) is 1. The number of rotatable bonds is 7. The minimum Gasteiger partial charge on any atom is -0.496 e. The summed E-state index contributed by atoms with van der Waals surface area (Å²) in [7, 11) is 4.84. The molecule has 0 heterocycles. The first-order chi connectivity index (χ1) is 8.62. The van der Waals surface area contributed by atoms with Gasteiger partial charge in [0.25, 0.3) is 0 Å². The van der Waals surface area contributed by atoms with E-state index in [1.807, 2.05) is 19.1 Å². The summed E-state index contributed by atoms with van der Waals surface area (Å²) in [6.45, 7) is 2.74. The monoisotopic (exact) mass is 254 g/mol. The molecule has 0 aliphatic heterocycles. The second-order valence-corrected chi connectivity index (χ2v) is 4.10. The predicted octanol–water partition coefficient (Wildman–Crippen LogP) is 1.86. The highest BCUT2D eigenvalue weighted by Gasteiger charge is 2.12. The number of hydrogen-bond acceptors (Lipinski definition) is 5. The molecule has 18 heavy (non-hydrogen) atoms. The minimum absolute atomic E-state index is 0.160. The largest absolute Gasteiger partial charge is 0.496 e. The van der Waals surface area contributed by atoms with Gasteiger partial charge in [-0.2, -0.15) is 0 Å². The average molecular weight is 254 g/mol. The summed E-state index contributed by atoms with van der Waals surface area (Å²) in [5.74, 6) is 2.08. The summed E-state index contributed by atoms with van der Waals surface area (Å²) in [6.07, 6.45) is 0.873. The molecule has 5 nitrogen and oxygen atoms in total. The third-order valence-corrected chi connectivity index (χ3v) is 2.62. The van der Waals surface area contributed by atoms with E-state index in [4.69, 9.17) is 19.9 Å². The van der Waals surface area contributed by atoms with Gasteiger partial charge in [-0.1, -0.05) is 0 Å². The number of hydrogen-bond donors (Lipinski definition) is 2. The van der Waals surface area contributed by atoms with Gasteiger partial charge in [0.05, 0.1) is 21.3 Å². The molecule has 102 valence electrons. The van der Waals surface area contributed by atoms with Crippen molar-refractivity contribution in [2.75, 3.05) is 33.2 Å². The predicted molar refractivity (Wildman–Crippen MR) is 72.9 cm³/mol. The number of ether oxygens (including phenoxy) is 3. The lowest BCUT2D eigenvalue weighted by Crippen LogP contribution is -2.19. The Labute approximate surface area is 108 Å². The van der Waals surface area contributed by atoms with Crippen molar-refractivity contribution in [1.82, 2.24) is 0 Å². The highest BCUT2D eigenvalue weighted by Crippen LogP contribution is 2.38. The molecule has 1 unspecified atom stereocenters. The topological polar surface area (TPSA) is 65.7 Å². The van der Waals surface area contributed by atoms with Crippen LogP contribution in [0.2, 0.25) is 0 Å². The molecule has 0 fully saturated rings. The van der Waals surface area contributed by atoms with E-state index in [9.17, 15) is 0 Å². The van der Waals surface area contributed by atoms with E-state index < -0.39 is 0 Å². The summed E-state index contributed by atoms with van der Waals surface area (Å²) in [4.78, 5) is 0. The van der Waals surface area contributed by atoms with Crippen LogP contribution in [0, 0.1) is 0 Å². The van der Waals surface area contributed by atoms with Gasteiger partial charge >= 0.3 is 0 Å². The van der Waals surface area contributed by atoms with Crippen molar-refractivity contribution < 1.29 is 14.2 Å². The van der Waals surface area contributed by atoms with E-state index in [0.29, 0.717) is 17.2 Å². The Morgan fingerprint density at radius 2 is 1.67 bits per heavy atom. The maximum atomic E-state index is 5.72. The van der Waals surface area contributed by atoms with Crippen LogP contribution < -0.4 is 25.3 Å². The van der Waals surface area contributed by atoms with Crippen molar-refractivity contribution >= 4 is 5.69 Å². The zero-order valence-electron chi connectivity index (χ0n) is 11.4. The molecule has 0 saturated carbocycles. The van der Waals surface area contributed by atoms with Gasteiger partial charge in [-0.15, -0.1) is 0 Å². The van der Waals surface area contributed by atoms with E-state index >= 15 is 0 Å². The molecule has 1 aromatic carbocycles. The molecule has 0 amide bonds. The normalized spacial score (nSPS) is 11.8. The molecule has 0 aliphatic carbocycles. The van der Waals surface area contributed by atoms with Crippen LogP contribution in [0.5, 0.6) is 17.2 Å². The minimum atomic E-state index is 0.160. The Hall–Kier alpha value is -1.62. The highest BCUT2D eigenvalue weighted by atomic mass is 16.5. The zero-order valence-corrected chi connectivity index (χ0v) is 11.4. The molecule has 0 bridgehead atoms. The summed E-state index contributed by atoms with van der Waals surface area (Å²) < 4.78 is 15.9. The van der Waals surface area contributed by atoms with Gasteiger partial charge in [-0.05, 0) is 13.3 Å². The number of nitrogens with one attached hydrogen (secondary N) is 1. The maximum Gasteiger partial charge on any atom is 0.149 e. The van der Waals surface area contributed by atoms with Crippen LogP contribution in [0.15, 0.2) is 12.1 Å². The van der Waals surface area contributed by atoms with Crippen LogP contribution in [-0.2, 0) is 0 Å². The highest BCUT2D eigenvalue weighted by molar-refractivity contribution is 5.68. The number of methoxy groups -OCH3 is 3. The van der Waals surface area contributed by atoms with E-state index in [2.05, 4.69) is 5.32 Å². The van der Waals surface area contributed by atoms with Gasteiger partial charge in [0.1, 0.15) is 22.9 Å². The SMILES string of the molecule is COc1cc(OC)c(NCCC(C)N)c(OC)c1. The zero-order chi connectivity index (χ0) is 13.5. The van der Waals surface area contributed by atoms with Crippen molar-refractivity contribution in [3.05, 3.63) is 12.1 Å². The molecule has 0 radical (unpaired) electrons. The van der Waals surface area contributed by atoms with Gasteiger partial charge in [0.2, 0.25) is 0 Å². The van der Waals surface area contributed by atoms with Crippen molar-refractivity contribution in [3.8, 4) is 17.2 Å². The fourth-order valence-corrected chi connectivity index (χ4v) is 1.60. The second kappa shape index (κ2) is 6.96. The van der Waals surface area contributed by atoms with Gasteiger partial charge < -0.3 is 25.3 Å². The lowest BCUT2D eigenvalue weighted by Gasteiger charge is -2.17. The van der Waals surface area contributed by atoms with Crippen LogP contribution in [-0.4, -0.2) is 33.9 Å². The molecule has 1 rings (SSSR count). The van der Waals surface area contributed by atoms with Gasteiger partial charge in [-0.25, -0.2) is 0 Å². The van der Waals surface area contributed by atoms with Crippen molar-refractivity contribution in [1.29, 1.82) is 0 Å². The lowest BCUT2D eigenvalue weighted by molar-refractivity contribution is 0.377. The van der Waals surface area contributed by atoms with Crippen molar-refractivity contribution in [3.63, 3.8) is 0 Å². The Bertz CT molecular complexity index is 355. The van der Waals surface area contributed by atoms with Crippen LogP contribution in [0.1, 0.15) is 13.3 Å². The second-order valence-electron chi connectivity index (χ2n) is 4.10. The van der Waals surface area contributed by atoms with Gasteiger partial charge in [0, 0.05) is 24.7 Å². The molecule has 0 saturated heterocycles. The average Bonchev–Trinajstić information content (AvgIpc) is 2.37. The summed E-state index contributed by atoms with van der Waals surface area (Å²) in [6, 6.07) is 3.79.